The lowest BCUT2D eigenvalue weighted by Gasteiger charge is -2.23. The average molecular weight is 180 g/mol. The zero-order chi connectivity index (χ0) is 9.54. The number of rotatable bonds is 0. The first-order valence-corrected chi connectivity index (χ1v) is 4.83. The van der Waals surface area contributed by atoms with Gasteiger partial charge in [-0.1, -0.05) is 24.2 Å². The van der Waals surface area contributed by atoms with Gasteiger partial charge in [-0.05, 0) is 24.4 Å². The van der Waals surface area contributed by atoms with E-state index in [-0.39, 0.29) is 0 Å². The molecule has 2 aliphatic heterocycles. The monoisotopic (exact) mass is 180 g/mol. The fraction of sp³-hybridized carbons (Fsp3) is 0. The van der Waals surface area contributed by atoms with Gasteiger partial charge in [0.1, 0.15) is 0 Å². The van der Waals surface area contributed by atoms with Crippen LogP contribution in [-0.2, 0) is 0 Å². The normalized spacial score (nSPS) is 17.3. The van der Waals surface area contributed by atoms with Crippen molar-refractivity contribution in [1.29, 1.82) is 0 Å². The quantitative estimate of drug-likeness (QED) is 0.548. The molecule has 0 spiro atoms. The molecule has 0 N–H and O–H groups in total. The van der Waals surface area contributed by atoms with Gasteiger partial charge in [0.2, 0.25) is 7.98 Å². The number of hydrogen-bond acceptors (Lipinski definition) is 2. The summed E-state index contributed by atoms with van der Waals surface area (Å²) in [5, 5.41) is 0. The smallest absolute Gasteiger partial charge is 0.394 e. The summed E-state index contributed by atoms with van der Waals surface area (Å²) in [5.74, 6) is 2.21. The third-order valence-corrected chi connectivity index (χ3v) is 2.86. The summed E-state index contributed by atoms with van der Waals surface area (Å²) < 4.78 is 2.29. The Morgan fingerprint density at radius 3 is 2.71 bits per heavy atom. The maximum absolute atomic E-state index is 2.29. The van der Waals surface area contributed by atoms with E-state index in [0.29, 0.717) is 6.98 Å². The van der Waals surface area contributed by atoms with E-state index >= 15 is 0 Å². The summed E-state index contributed by atoms with van der Waals surface area (Å²) in [7, 11) is 2.13. The Kier molecular flexibility index (Phi) is 1.51. The largest absolute Gasteiger partial charge is 0.442 e. The zero-order valence-electron chi connectivity index (χ0n) is 8.09. The van der Waals surface area contributed by atoms with Gasteiger partial charge in [0.05, 0.1) is 5.69 Å². The Labute approximate surface area is 85.1 Å². The molecule has 0 saturated heterocycles. The van der Waals surface area contributed by atoms with Gasteiger partial charge < -0.3 is 9.53 Å². The second kappa shape index (κ2) is 2.71. The molecule has 14 heavy (non-hydrogen) atoms. The van der Waals surface area contributed by atoms with Crippen molar-refractivity contribution in [2.45, 2.75) is 0 Å². The average Bonchev–Trinajstić information content (AvgIpc) is 2.55. The molecule has 4 heteroatoms. The van der Waals surface area contributed by atoms with E-state index in [0.717, 1.165) is 0 Å². The van der Waals surface area contributed by atoms with Crippen molar-refractivity contribution in [2.75, 3.05) is 9.53 Å². The van der Waals surface area contributed by atoms with Crippen LogP contribution in [0.2, 0.25) is 0 Å². The molecular weight excluding hydrogens is 170 g/mol. The predicted octanol–water partition coefficient (Wildman–Crippen LogP) is 0.972. The Bertz CT molecular complexity index is 428. The molecule has 66 valence electrons. The second-order valence-corrected chi connectivity index (χ2v) is 3.65. The molecule has 0 aliphatic carbocycles. The highest BCUT2D eigenvalue weighted by atomic mass is 15.2. The molecule has 2 heterocycles. The van der Waals surface area contributed by atoms with Crippen LogP contribution in [-0.4, -0.2) is 15.0 Å². The summed E-state index contributed by atoms with van der Waals surface area (Å²) >= 11 is 0. The number of nitrogens with zero attached hydrogens (tertiary/aromatic N) is 2. The lowest BCUT2D eigenvalue weighted by molar-refractivity contribution is 1.42. The van der Waals surface area contributed by atoms with Gasteiger partial charge in [0.25, 0.3) is 0 Å². The molecule has 1 aromatic rings. The van der Waals surface area contributed by atoms with Gasteiger partial charge in [0.15, 0.2) is 0 Å². The van der Waals surface area contributed by atoms with Gasteiger partial charge in [-0.15, -0.1) is 0 Å². The van der Waals surface area contributed by atoms with Crippen molar-refractivity contribution >= 4 is 26.3 Å². The molecule has 0 fully saturated rings. The second-order valence-electron chi connectivity index (χ2n) is 3.65. The van der Waals surface area contributed by atoms with Crippen LogP contribution in [0.4, 0.5) is 11.4 Å². The molecule has 3 rings (SSSR count). The summed E-state index contributed by atoms with van der Waals surface area (Å²) in [6.07, 6.45) is 6.31. The van der Waals surface area contributed by atoms with Gasteiger partial charge >= 0.3 is 6.98 Å². The van der Waals surface area contributed by atoms with Crippen molar-refractivity contribution in [3.63, 3.8) is 0 Å². The maximum atomic E-state index is 2.29. The zero-order valence-corrected chi connectivity index (χ0v) is 8.09. The Balaban J connectivity index is 2.17. The van der Waals surface area contributed by atoms with E-state index in [1.165, 1.54) is 11.4 Å². The predicted molar refractivity (Wildman–Crippen MR) is 64.0 cm³/mol. The van der Waals surface area contributed by atoms with E-state index in [2.05, 4.69) is 66.1 Å². The molecule has 0 amide bonds. The Hall–Kier alpha value is -1.57. The van der Waals surface area contributed by atoms with E-state index in [9.17, 15) is 0 Å². The standard InChI is InChI=1S/C10H10B2N2/c11-14-10-6-2-1-5-9(10)13-8-4-3-7-12(13)14/h1-8H,11H2. The molecule has 0 radical (unpaired) electrons. The third-order valence-electron chi connectivity index (χ3n) is 2.86. The minimum absolute atomic E-state index is 0.359. The number of para-hydroxylation sites is 2. The topological polar surface area (TPSA) is 6.48 Å². The third kappa shape index (κ3) is 0.882. The van der Waals surface area contributed by atoms with E-state index < -0.39 is 0 Å². The van der Waals surface area contributed by atoms with Gasteiger partial charge in [0, 0.05) is 5.69 Å². The summed E-state index contributed by atoms with van der Waals surface area (Å²) in [6.45, 7) is 0.359. The molecule has 0 saturated carbocycles. The van der Waals surface area contributed by atoms with Crippen LogP contribution in [0.25, 0.3) is 0 Å². The van der Waals surface area contributed by atoms with Crippen LogP contribution in [0, 0.1) is 0 Å². The lowest BCUT2D eigenvalue weighted by Crippen LogP contribution is -2.44. The van der Waals surface area contributed by atoms with Crippen molar-refractivity contribution in [2.24, 2.45) is 0 Å². The summed E-state index contributed by atoms with van der Waals surface area (Å²) in [6, 6.07) is 8.49. The lowest BCUT2D eigenvalue weighted by atomic mass is 9.69. The van der Waals surface area contributed by atoms with Gasteiger partial charge in [-0.2, -0.15) is 0 Å². The minimum Gasteiger partial charge on any atom is -0.442 e. The summed E-state index contributed by atoms with van der Waals surface area (Å²) in [5.41, 5.74) is 2.59. The molecule has 0 atom stereocenters. The van der Waals surface area contributed by atoms with Crippen LogP contribution in [0.3, 0.4) is 0 Å². The molecule has 1 aromatic carbocycles. The SMILES string of the molecule is BN1B2C=CC=CN2c2ccccc21. The van der Waals surface area contributed by atoms with Crippen LogP contribution in [0.5, 0.6) is 0 Å². The molecule has 0 unspecified atom stereocenters. The van der Waals surface area contributed by atoms with E-state index in [1.807, 2.05) is 0 Å². The van der Waals surface area contributed by atoms with Crippen molar-refractivity contribution in [3.8, 4) is 0 Å². The van der Waals surface area contributed by atoms with Crippen molar-refractivity contribution < 1.29 is 0 Å². The summed E-state index contributed by atoms with van der Waals surface area (Å²) in [4.78, 5) is 2.29. The number of hydrogen-bond donors (Lipinski definition) is 0. The fourth-order valence-electron chi connectivity index (χ4n) is 2.15. The molecule has 0 bridgehead atoms. The highest BCUT2D eigenvalue weighted by Crippen LogP contribution is 2.37. The van der Waals surface area contributed by atoms with Crippen molar-refractivity contribution in [3.05, 3.63) is 48.6 Å². The van der Waals surface area contributed by atoms with Gasteiger partial charge in [-0.25, -0.2) is 0 Å². The number of fused-ring (bicyclic) bond motifs is 3. The first-order chi connectivity index (χ1) is 6.88. The highest BCUT2D eigenvalue weighted by molar-refractivity contribution is 6.81. The number of allylic oxidation sites excluding steroid dienone is 2. The van der Waals surface area contributed by atoms with Crippen LogP contribution in [0.15, 0.2) is 48.6 Å². The minimum atomic E-state index is 0.359. The first-order valence-electron chi connectivity index (χ1n) is 4.83. The molecular formula is C10H10B2N2. The van der Waals surface area contributed by atoms with Crippen molar-refractivity contribution in [1.82, 2.24) is 0 Å². The highest BCUT2D eigenvalue weighted by Gasteiger charge is 2.34. The Morgan fingerprint density at radius 1 is 1.07 bits per heavy atom. The molecule has 2 nitrogen and oxygen atoms in total. The Morgan fingerprint density at radius 2 is 1.86 bits per heavy atom. The molecule has 2 aliphatic rings. The fourth-order valence-corrected chi connectivity index (χ4v) is 2.15. The first kappa shape index (κ1) is 7.80. The maximum Gasteiger partial charge on any atom is 0.394 e. The number of benzene rings is 1. The van der Waals surface area contributed by atoms with Crippen LogP contribution >= 0.6 is 0 Å². The van der Waals surface area contributed by atoms with E-state index in [1.54, 1.807) is 0 Å². The number of anilines is 2. The van der Waals surface area contributed by atoms with Crippen LogP contribution in [0.1, 0.15) is 0 Å². The van der Waals surface area contributed by atoms with E-state index in [4.69, 9.17) is 0 Å². The van der Waals surface area contributed by atoms with Crippen LogP contribution < -0.4 is 9.53 Å². The molecule has 0 aromatic heterocycles. The van der Waals surface area contributed by atoms with Gasteiger partial charge in [-0.3, -0.25) is 0 Å².